The third kappa shape index (κ3) is 6.42. The van der Waals surface area contributed by atoms with Gasteiger partial charge in [0.05, 0.1) is 5.56 Å². The van der Waals surface area contributed by atoms with Crippen LogP contribution in [0.4, 0.5) is 0 Å². The molecule has 0 unspecified atom stereocenters. The SMILES string of the molecule is c1ccc(-c2c[n+](-c3ccccc3)c(-c3ccccc3)s2)cc1.c1ccc([B-](c2ccccc2)(c2ccccc2)c2ccccc2)cc1. The van der Waals surface area contributed by atoms with Crippen LogP contribution in [0.2, 0.25) is 0 Å². The molecule has 0 saturated heterocycles. The summed E-state index contributed by atoms with van der Waals surface area (Å²) in [5.74, 6) is 0. The molecule has 0 aliphatic carbocycles. The number of para-hydroxylation sites is 1. The van der Waals surface area contributed by atoms with Crippen molar-refractivity contribution >= 4 is 39.3 Å². The molecule has 1 nitrogen and oxygen atoms in total. The van der Waals surface area contributed by atoms with Gasteiger partial charge in [0, 0.05) is 12.1 Å². The van der Waals surface area contributed by atoms with Gasteiger partial charge in [-0.1, -0.05) is 199 Å². The Morgan fingerprint density at radius 1 is 0.333 bits per heavy atom. The molecule has 0 aliphatic heterocycles. The first-order chi connectivity index (χ1) is 23.8. The summed E-state index contributed by atoms with van der Waals surface area (Å²) in [6.07, 6.45) is 1.02. The lowest BCUT2D eigenvalue weighted by Gasteiger charge is -2.44. The van der Waals surface area contributed by atoms with Crippen LogP contribution in [0.1, 0.15) is 0 Å². The van der Waals surface area contributed by atoms with E-state index in [0.29, 0.717) is 0 Å². The maximum atomic E-state index is 2.28. The van der Waals surface area contributed by atoms with E-state index in [1.807, 2.05) is 11.3 Å². The zero-order valence-corrected chi connectivity index (χ0v) is 27.5. The fourth-order valence-corrected chi connectivity index (χ4v) is 7.90. The topological polar surface area (TPSA) is 3.88 Å². The van der Waals surface area contributed by atoms with Crippen molar-refractivity contribution in [3.63, 3.8) is 0 Å². The molecule has 1 aromatic heterocycles. The molecule has 7 aromatic carbocycles. The van der Waals surface area contributed by atoms with Gasteiger partial charge in [-0.05, 0) is 17.7 Å². The molecular weight excluding hydrogens is 597 g/mol. The molecule has 8 aromatic rings. The van der Waals surface area contributed by atoms with E-state index in [4.69, 9.17) is 0 Å². The van der Waals surface area contributed by atoms with Crippen molar-refractivity contribution in [3.05, 3.63) is 219 Å². The van der Waals surface area contributed by atoms with Gasteiger partial charge in [0.15, 0.2) is 6.20 Å². The lowest BCUT2D eigenvalue weighted by molar-refractivity contribution is -0.578. The molecule has 48 heavy (non-hydrogen) atoms. The van der Waals surface area contributed by atoms with Crippen LogP contribution in [0.3, 0.4) is 0 Å². The van der Waals surface area contributed by atoms with E-state index in [2.05, 4.69) is 223 Å². The van der Waals surface area contributed by atoms with Gasteiger partial charge >= 0.3 is 0 Å². The van der Waals surface area contributed by atoms with Crippen molar-refractivity contribution in [1.82, 2.24) is 0 Å². The van der Waals surface area contributed by atoms with Gasteiger partial charge in [-0.3, -0.25) is 0 Å². The molecule has 0 amide bonds. The second-order valence-corrected chi connectivity index (χ2v) is 12.9. The first-order valence-electron chi connectivity index (χ1n) is 16.4. The Morgan fingerprint density at radius 2 is 0.646 bits per heavy atom. The third-order valence-electron chi connectivity index (χ3n) is 8.98. The number of hydrogen-bond donors (Lipinski definition) is 0. The fourth-order valence-electron chi connectivity index (χ4n) is 6.77. The van der Waals surface area contributed by atoms with Crippen LogP contribution in [0.15, 0.2) is 219 Å². The number of rotatable bonds is 7. The van der Waals surface area contributed by atoms with E-state index in [9.17, 15) is 0 Å². The molecule has 0 radical (unpaired) electrons. The molecule has 0 spiro atoms. The normalized spacial score (nSPS) is 10.9. The molecule has 0 fully saturated rings. The highest BCUT2D eigenvalue weighted by molar-refractivity contribution is 7.20. The summed E-state index contributed by atoms with van der Waals surface area (Å²) in [6.45, 7) is 0. The van der Waals surface area contributed by atoms with Crippen LogP contribution in [-0.2, 0) is 0 Å². The summed E-state index contributed by atoms with van der Waals surface area (Å²) in [4.78, 5) is 1.27. The van der Waals surface area contributed by atoms with Gasteiger partial charge in [-0.25, -0.2) is 0 Å². The quantitative estimate of drug-likeness (QED) is 0.123. The smallest absolute Gasteiger partial charge is 0.195 e. The van der Waals surface area contributed by atoms with Gasteiger partial charge in [0.2, 0.25) is 5.69 Å². The van der Waals surface area contributed by atoms with Gasteiger partial charge in [-0.2, -0.15) is 21.9 Å². The fraction of sp³-hybridized carbons (Fsp3) is 0. The number of hydrogen-bond acceptors (Lipinski definition) is 1. The molecule has 0 saturated carbocycles. The zero-order valence-electron chi connectivity index (χ0n) is 26.7. The average molecular weight is 634 g/mol. The number of aromatic nitrogens is 1. The maximum absolute atomic E-state index is 2.28. The Hall–Kier alpha value is -5.77. The van der Waals surface area contributed by atoms with Crippen LogP contribution in [0.25, 0.3) is 26.7 Å². The van der Waals surface area contributed by atoms with Crippen molar-refractivity contribution in [2.45, 2.75) is 0 Å². The maximum Gasteiger partial charge on any atom is 0.275 e. The van der Waals surface area contributed by atoms with E-state index in [1.54, 1.807) is 0 Å². The predicted octanol–water partition coefficient (Wildman–Crippen LogP) is 8.42. The largest absolute Gasteiger partial charge is 0.275 e. The molecule has 0 bridgehead atoms. The molecule has 0 aliphatic rings. The Balaban J connectivity index is 0.000000152. The average Bonchev–Trinajstić information content (AvgIpc) is 3.64. The van der Waals surface area contributed by atoms with Crippen LogP contribution in [0.5, 0.6) is 0 Å². The minimum absolute atomic E-state index is 1.18. The van der Waals surface area contributed by atoms with Gasteiger partial charge in [-0.15, -0.1) is 4.57 Å². The molecular formula is C45H36BNS. The summed E-state index contributed by atoms with van der Waals surface area (Å²) < 4.78 is 2.28. The molecule has 0 N–H and O–H groups in total. The standard InChI is InChI=1S/C24H20B.C21H16NS/c1-5-13-21(14-6-1)25(22-15-7-2-8-16-22,23-17-9-3-10-18-23)24-19-11-4-12-20-24;1-4-10-17(11-5-1)20-16-22(19-14-8-3-9-15-19)21(23-20)18-12-6-2-7-13-18/h1-20H;1-16H/q-1;+1. The van der Waals surface area contributed by atoms with Gasteiger partial charge in [0.25, 0.3) is 5.01 Å². The van der Waals surface area contributed by atoms with E-state index in [0.717, 1.165) is 0 Å². The summed E-state index contributed by atoms with van der Waals surface area (Å²) in [5.41, 5.74) is 9.03. The van der Waals surface area contributed by atoms with Crippen LogP contribution in [0, 0.1) is 0 Å². The van der Waals surface area contributed by atoms with E-state index in [1.165, 1.54) is 48.6 Å². The molecule has 3 heteroatoms. The molecule has 0 atom stereocenters. The highest BCUT2D eigenvalue weighted by Crippen LogP contribution is 2.31. The van der Waals surface area contributed by atoms with Crippen molar-refractivity contribution in [2.75, 3.05) is 0 Å². The van der Waals surface area contributed by atoms with Crippen molar-refractivity contribution in [2.24, 2.45) is 0 Å². The zero-order chi connectivity index (χ0) is 32.4. The van der Waals surface area contributed by atoms with Crippen molar-refractivity contribution < 1.29 is 4.57 Å². The monoisotopic (exact) mass is 633 g/mol. The van der Waals surface area contributed by atoms with E-state index >= 15 is 0 Å². The highest BCUT2D eigenvalue weighted by Gasteiger charge is 2.31. The Labute approximate surface area is 288 Å². The number of nitrogens with zero attached hydrogens (tertiary/aromatic N) is 1. The Morgan fingerprint density at radius 3 is 1.02 bits per heavy atom. The minimum Gasteiger partial charge on any atom is -0.195 e. The lowest BCUT2D eigenvalue weighted by atomic mass is 9.13. The molecule has 1 heterocycles. The molecule has 8 rings (SSSR count). The summed E-state index contributed by atoms with van der Waals surface area (Å²) in [7, 11) is 0. The van der Waals surface area contributed by atoms with Crippen LogP contribution in [-0.4, -0.2) is 6.15 Å². The van der Waals surface area contributed by atoms with E-state index in [-0.39, 0.29) is 0 Å². The first-order valence-corrected chi connectivity index (χ1v) is 17.2. The van der Waals surface area contributed by atoms with Crippen molar-refractivity contribution in [1.29, 1.82) is 0 Å². The summed E-state index contributed by atoms with van der Waals surface area (Å²) in [6, 6.07) is 75.2. The predicted molar refractivity (Wildman–Crippen MR) is 207 cm³/mol. The minimum atomic E-state index is -1.22. The summed E-state index contributed by atoms with van der Waals surface area (Å²) in [5, 5.41) is 1.25. The number of thiazole rings is 1. The van der Waals surface area contributed by atoms with Crippen LogP contribution < -0.4 is 26.4 Å². The number of benzene rings is 7. The first kappa shape index (κ1) is 30.9. The Bertz CT molecular complexity index is 1910. The lowest BCUT2D eigenvalue weighted by Crippen LogP contribution is -2.74. The second-order valence-electron chi connectivity index (χ2n) is 11.8. The van der Waals surface area contributed by atoms with E-state index < -0.39 is 6.15 Å². The van der Waals surface area contributed by atoms with Crippen LogP contribution >= 0.6 is 11.3 Å². The highest BCUT2D eigenvalue weighted by atomic mass is 32.1. The summed E-state index contributed by atoms with van der Waals surface area (Å²) >= 11 is 1.82. The third-order valence-corrected chi connectivity index (χ3v) is 10.2. The molecule has 230 valence electrons. The Kier molecular flexibility index (Phi) is 9.50. The van der Waals surface area contributed by atoms with Gasteiger partial charge in [0.1, 0.15) is 11.0 Å². The van der Waals surface area contributed by atoms with Gasteiger partial charge < -0.3 is 0 Å². The van der Waals surface area contributed by atoms with Crippen molar-refractivity contribution in [3.8, 4) is 26.7 Å². The second kappa shape index (κ2) is 14.8.